The van der Waals surface area contributed by atoms with Crippen molar-refractivity contribution in [3.63, 3.8) is 0 Å². The summed E-state index contributed by atoms with van der Waals surface area (Å²) >= 11 is 0. The molecule has 2 aliphatic carbocycles. The summed E-state index contributed by atoms with van der Waals surface area (Å²) in [6, 6.07) is 63.5. The molecule has 436 valence electrons. The van der Waals surface area contributed by atoms with Crippen molar-refractivity contribution in [3.05, 3.63) is 287 Å². The molecule has 86 heavy (non-hydrogen) atoms. The third-order valence-electron chi connectivity index (χ3n) is 18.6. The van der Waals surface area contributed by atoms with Gasteiger partial charge in [0.15, 0.2) is 0 Å². The zero-order valence-corrected chi connectivity index (χ0v) is 53.7. The van der Waals surface area contributed by atoms with Crippen molar-refractivity contribution in [1.82, 2.24) is 4.57 Å². The van der Waals surface area contributed by atoms with Crippen LogP contribution in [0.15, 0.2) is 237 Å². The van der Waals surface area contributed by atoms with E-state index >= 15 is 0 Å². The average molecular weight is 1130 g/mol. The summed E-state index contributed by atoms with van der Waals surface area (Å²) in [4.78, 5) is 0. The molecule has 1 nitrogen and oxygen atoms in total. The number of aromatic nitrogens is 1. The second kappa shape index (κ2) is 27.7. The fourth-order valence-electron chi connectivity index (χ4n) is 13.2. The molecular weight excluding hydrogens is 1030 g/mol. The molecule has 0 radical (unpaired) electrons. The van der Waals surface area contributed by atoms with Gasteiger partial charge in [-0.3, -0.25) is 0 Å². The molecule has 11 rings (SSSR count). The highest BCUT2D eigenvalue weighted by atomic mass is 15.0. The van der Waals surface area contributed by atoms with Crippen molar-refractivity contribution >= 4 is 28.6 Å². The molecule has 1 heteroatoms. The molecule has 0 N–H and O–H groups in total. The normalized spacial score (nSPS) is 14.7. The number of hydrogen-bond donors (Lipinski definition) is 0. The molecule has 0 saturated carbocycles. The smallest absolute Gasteiger partial charge is 0.0541 e. The van der Waals surface area contributed by atoms with Crippen LogP contribution in [0.3, 0.4) is 0 Å². The summed E-state index contributed by atoms with van der Waals surface area (Å²) in [6.45, 7) is 39.1. The second-order valence-corrected chi connectivity index (χ2v) is 24.6. The molecule has 0 spiro atoms. The number of nitrogens with zero attached hydrogens (tertiary/aromatic N) is 1. The summed E-state index contributed by atoms with van der Waals surface area (Å²) < 4.78 is 2.29. The standard InChI is InChI=1S/C54H45N.C23H34.C8H12/c1-6-46-52-34-41(26-28-54(52)55(53(46)7-2)45-17-9-8-10-18-45)44-30-42(39-24-22-37(5)50(32-39)47-19-13-11-15-35(47)3)29-43(31-44)40-25-27-48-36(4)21-23-38-16-12-14-20-49(38)51(48)33-40;1-8-16(3)11-10-12-21-18(5)20-15-19(17(4)9-2)13-14-22(20)23(21,6)7;1-4-6-8(3)7-5-2/h6-20,22,24-34,36H,1-2,21,23H2,3-5H3;11,13-15,17H,8-10,12H2,1-7H3;4-7H,1H2,2-3H3/b;16-11+;7-5-,8-6-. The van der Waals surface area contributed by atoms with Crippen LogP contribution in [0.2, 0.25) is 0 Å². The highest BCUT2D eigenvalue weighted by Gasteiger charge is 2.35. The molecule has 8 aromatic carbocycles. The molecule has 0 aliphatic heterocycles. The van der Waals surface area contributed by atoms with Crippen molar-refractivity contribution in [2.24, 2.45) is 0 Å². The van der Waals surface area contributed by atoms with E-state index in [1.54, 1.807) is 11.6 Å². The number of fused-ring (bicyclic) bond motifs is 5. The zero-order chi connectivity index (χ0) is 61.2. The van der Waals surface area contributed by atoms with Crippen LogP contribution in [0.5, 0.6) is 0 Å². The van der Waals surface area contributed by atoms with Gasteiger partial charge in [-0.25, -0.2) is 0 Å². The maximum Gasteiger partial charge on any atom is 0.0541 e. The Morgan fingerprint density at radius 2 is 1.27 bits per heavy atom. The minimum absolute atomic E-state index is 0.182. The third-order valence-corrected chi connectivity index (χ3v) is 18.6. The molecule has 0 bridgehead atoms. The van der Waals surface area contributed by atoms with Crippen LogP contribution >= 0.6 is 0 Å². The minimum Gasteiger partial charge on any atom is -0.309 e. The first-order valence-corrected chi connectivity index (χ1v) is 31.5. The fourth-order valence-corrected chi connectivity index (χ4v) is 13.2. The summed E-state index contributed by atoms with van der Waals surface area (Å²) in [5.41, 5.74) is 32.9. The van der Waals surface area contributed by atoms with Crippen molar-refractivity contribution in [2.75, 3.05) is 0 Å². The van der Waals surface area contributed by atoms with Gasteiger partial charge < -0.3 is 4.57 Å². The lowest BCUT2D eigenvalue weighted by atomic mass is 9.79. The van der Waals surface area contributed by atoms with E-state index < -0.39 is 0 Å². The Balaban J connectivity index is 0.000000235. The van der Waals surface area contributed by atoms with Gasteiger partial charge in [0.1, 0.15) is 0 Å². The number of allylic oxidation sites excluding steroid dienone is 9. The molecule has 1 aromatic heterocycles. The summed E-state index contributed by atoms with van der Waals surface area (Å²) in [5.74, 6) is 1.15. The van der Waals surface area contributed by atoms with Gasteiger partial charge in [0.25, 0.3) is 0 Å². The van der Waals surface area contributed by atoms with Crippen LogP contribution < -0.4 is 0 Å². The van der Waals surface area contributed by atoms with Gasteiger partial charge in [-0.05, 0) is 253 Å². The van der Waals surface area contributed by atoms with Gasteiger partial charge >= 0.3 is 0 Å². The fraction of sp³-hybridized carbons (Fsp3) is 0.247. The Morgan fingerprint density at radius 3 is 1.92 bits per heavy atom. The lowest BCUT2D eigenvalue weighted by Gasteiger charge is -2.25. The van der Waals surface area contributed by atoms with E-state index in [0.29, 0.717) is 11.8 Å². The second-order valence-electron chi connectivity index (χ2n) is 24.6. The van der Waals surface area contributed by atoms with E-state index in [1.165, 1.54) is 137 Å². The van der Waals surface area contributed by atoms with Gasteiger partial charge in [-0.1, -0.05) is 230 Å². The average Bonchev–Trinajstić information content (AvgIpc) is 2.14. The SMILES string of the molecule is C=C/C=C(C)\C=C/C.C=Cc1c(C=C)n(-c2ccccc2)c2ccc(-c3cc(-c4ccc(C)c(-c5ccccc5C)c4)cc(-c4ccc5c(c4)-c4ccccc4CCC5C)c3)cc12.CC/C(C)=C/CCC1=C(C)c2cc(C(C)CC)ccc2C1(C)C. The van der Waals surface area contributed by atoms with Crippen LogP contribution in [0, 0.1) is 13.8 Å². The zero-order valence-electron chi connectivity index (χ0n) is 53.7. The quantitative estimate of drug-likeness (QED) is 0.0712. The molecule has 1 heterocycles. The van der Waals surface area contributed by atoms with Crippen LogP contribution in [0.25, 0.3) is 89.9 Å². The Hall–Kier alpha value is -8.52. The Bertz CT molecular complexity index is 4080. The molecule has 0 amide bonds. The van der Waals surface area contributed by atoms with Crippen molar-refractivity contribution < 1.29 is 0 Å². The number of para-hydroxylation sites is 1. The van der Waals surface area contributed by atoms with Gasteiger partial charge in [0.05, 0.1) is 11.2 Å². The largest absolute Gasteiger partial charge is 0.309 e. The first kappa shape index (κ1) is 62.0. The monoisotopic (exact) mass is 1130 g/mol. The van der Waals surface area contributed by atoms with Gasteiger partial charge in [-0.15, -0.1) is 0 Å². The van der Waals surface area contributed by atoms with E-state index in [-0.39, 0.29) is 5.41 Å². The molecule has 0 saturated heterocycles. The Kier molecular flexibility index (Phi) is 20.0. The number of hydrogen-bond acceptors (Lipinski definition) is 0. The van der Waals surface area contributed by atoms with Gasteiger partial charge in [-0.2, -0.15) is 0 Å². The molecule has 2 aliphatic rings. The lowest BCUT2D eigenvalue weighted by Crippen LogP contribution is -2.17. The predicted octanol–water partition coefficient (Wildman–Crippen LogP) is 25.0. The maximum atomic E-state index is 4.26. The van der Waals surface area contributed by atoms with E-state index in [9.17, 15) is 0 Å². The summed E-state index contributed by atoms with van der Waals surface area (Å²) in [6.07, 6.45) is 21.1. The van der Waals surface area contributed by atoms with Crippen LogP contribution in [-0.2, 0) is 11.8 Å². The minimum atomic E-state index is 0.182. The molecule has 2 atom stereocenters. The van der Waals surface area contributed by atoms with Crippen LogP contribution in [0.1, 0.15) is 163 Å². The molecule has 2 unspecified atom stereocenters. The topological polar surface area (TPSA) is 4.93 Å². The first-order chi connectivity index (χ1) is 41.5. The molecule has 0 fully saturated rings. The van der Waals surface area contributed by atoms with E-state index in [1.807, 2.05) is 44.2 Å². The van der Waals surface area contributed by atoms with Crippen molar-refractivity contribution in [3.8, 4) is 61.3 Å². The molecular formula is C85H91N. The summed E-state index contributed by atoms with van der Waals surface area (Å²) in [7, 11) is 0. The van der Waals surface area contributed by atoms with E-state index in [4.69, 9.17) is 0 Å². The van der Waals surface area contributed by atoms with Gasteiger partial charge in [0, 0.05) is 22.1 Å². The van der Waals surface area contributed by atoms with E-state index in [0.717, 1.165) is 40.7 Å². The van der Waals surface area contributed by atoms with Crippen molar-refractivity contribution in [1.29, 1.82) is 0 Å². The number of aryl methyl sites for hydroxylation is 3. The van der Waals surface area contributed by atoms with Gasteiger partial charge in [0.2, 0.25) is 0 Å². The maximum absolute atomic E-state index is 4.26. The lowest BCUT2D eigenvalue weighted by molar-refractivity contribution is 0.607. The highest BCUT2D eigenvalue weighted by Crippen LogP contribution is 2.49. The Morgan fingerprint density at radius 1 is 0.640 bits per heavy atom. The van der Waals surface area contributed by atoms with Crippen LogP contribution in [-0.4, -0.2) is 4.57 Å². The Labute approximate surface area is 517 Å². The number of rotatable bonds is 15. The van der Waals surface area contributed by atoms with Crippen LogP contribution in [0.4, 0.5) is 0 Å². The summed E-state index contributed by atoms with van der Waals surface area (Å²) in [5, 5.41) is 1.16. The predicted molar refractivity (Wildman–Crippen MR) is 380 cm³/mol. The number of benzene rings is 8. The highest BCUT2D eigenvalue weighted by molar-refractivity contribution is 5.98. The third kappa shape index (κ3) is 13.1. The first-order valence-electron chi connectivity index (χ1n) is 31.5. The van der Waals surface area contributed by atoms with Crippen molar-refractivity contribution in [2.45, 2.75) is 139 Å². The van der Waals surface area contributed by atoms with E-state index in [2.05, 4.69) is 269 Å². The molecule has 9 aromatic rings.